The van der Waals surface area contributed by atoms with Crippen LogP contribution in [0, 0.1) is 13.8 Å². The molecule has 1 aromatic carbocycles. The van der Waals surface area contributed by atoms with Gasteiger partial charge in [-0.15, -0.1) is 0 Å². The van der Waals surface area contributed by atoms with Crippen molar-refractivity contribution in [1.82, 2.24) is 10.2 Å². The van der Waals surface area contributed by atoms with Crippen LogP contribution in [-0.4, -0.2) is 41.7 Å². The SMILES string of the molecule is CCC(=O)Oc1sc(-c2c(C)cccc2C)cc1NC(=O)N[C@H]1C(=O)C=C(C)N(C)C1=O. The van der Waals surface area contributed by atoms with Crippen molar-refractivity contribution < 1.29 is 23.9 Å². The number of likely N-dealkylation sites (N-methyl/N-ethyl adjacent to an activating group) is 1. The summed E-state index contributed by atoms with van der Waals surface area (Å²) in [5, 5.41) is 5.27. The summed E-state index contributed by atoms with van der Waals surface area (Å²) < 4.78 is 5.43. The largest absolute Gasteiger partial charge is 0.413 e. The predicted molar refractivity (Wildman–Crippen MR) is 123 cm³/mol. The molecule has 1 atom stereocenters. The smallest absolute Gasteiger partial charge is 0.320 e. The average Bonchev–Trinajstić information content (AvgIpc) is 3.10. The lowest BCUT2D eigenvalue weighted by Crippen LogP contribution is -2.54. The fourth-order valence-electron chi connectivity index (χ4n) is 3.34. The van der Waals surface area contributed by atoms with E-state index < -0.39 is 29.7 Å². The number of aryl methyl sites for hydroxylation is 2. The van der Waals surface area contributed by atoms with Gasteiger partial charge in [0.25, 0.3) is 5.91 Å². The number of nitrogens with one attached hydrogen (secondary N) is 2. The second kappa shape index (κ2) is 9.35. The van der Waals surface area contributed by atoms with Crippen LogP contribution in [-0.2, 0) is 14.4 Å². The molecule has 2 heterocycles. The van der Waals surface area contributed by atoms with Crippen LogP contribution in [0.2, 0.25) is 0 Å². The topological polar surface area (TPSA) is 105 Å². The number of thiophene rings is 1. The Morgan fingerprint density at radius 2 is 1.81 bits per heavy atom. The highest BCUT2D eigenvalue weighted by molar-refractivity contribution is 7.18. The van der Waals surface area contributed by atoms with Gasteiger partial charge < -0.3 is 20.3 Å². The minimum absolute atomic E-state index is 0.172. The van der Waals surface area contributed by atoms with Crippen LogP contribution >= 0.6 is 11.3 Å². The Balaban J connectivity index is 1.88. The summed E-state index contributed by atoms with van der Waals surface area (Å²) in [6.45, 7) is 7.27. The van der Waals surface area contributed by atoms with Gasteiger partial charge in [-0.05, 0) is 43.5 Å². The number of urea groups is 1. The van der Waals surface area contributed by atoms with Gasteiger partial charge in [0.15, 0.2) is 11.8 Å². The quantitative estimate of drug-likeness (QED) is 0.527. The Kier molecular flexibility index (Phi) is 6.78. The van der Waals surface area contributed by atoms with E-state index >= 15 is 0 Å². The van der Waals surface area contributed by atoms with E-state index in [9.17, 15) is 19.2 Å². The number of carbonyl (C=O) groups is 4. The molecule has 32 heavy (non-hydrogen) atoms. The van der Waals surface area contributed by atoms with E-state index in [1.807, 2.05) is 32.0 Å². The molecule has 9 heteroatoms. The van der Waals surface area contributed by atoms with Crippen LogP contribution in [0.15, 0.2) is 36.0 Å². The first-order chi connectivity index (χ1) is 15.1. The third kappa shape index (κ3) is 4.72. The van der Waals surface area contributed by atoms with Gasteiger partial charge in [0.2, 0.25) is 5.06 Å². The fraction of sp³-hybridized carbons (Fsp3) is 0.304. The van der Waals surface area contributed by atoms with Crippen LogP contribution < -0.4 is 15.4 Å². The second-order valence-electron chi connectivity index (χ2n) is 7.52. The lowest BCUT2D eigenvalue weighted by atomic mass is 10.0. The summed E-state index contributed by atoms with van der Waals surface area (Å²) in [6.07, 6.45) is 1.48. The third-order valence-corrected chi connectivity index (χ3v) is 6.22. The molecule has 2 N–H and O–H groups in total. The molecule has 0 fully saturated rings. The Labute approximate surface area is 190 Å². The number of amides is 3. The molecule has 0 unspecified atom stereocenters. The van der Waals surface area contributed by atoms with E-state index in [-0.39, 0.29) is 17.2 Å². The van der Waals surface area contributed by atoms with Gasteiger partial charge >= 0.3 is 12.0 Å². The number of ketones is 1. The zero-order chi connectivity index (χ0) is 23.6. The summed E-state index contributed by atoms with van der Waals surface area (Å²) in [5.41, 5.74) is 3.85. The Morgan fingerprint density at radius 1 is 1.16 bits per heavy atom. The number of ether oxygens (including phenoxy) is 1. The lowest BCUT2D eigenvalue weighted by molar-refractivity contribution is -0.136. The molecule has 0 spiro atoms. The van der Waals surface area contributed by atoms with E-state index in [0.29, 0.717) is 5.70 Å². The van der Waals surface area contributed by atoms with Gasteiger partial charge in [-0.1, -0.05) is 36.5 Å². The first-order valence-electron chi connectivity index (χ1n) is 10.1. The number of esters is 1. The normalized spacial score (nSPS) is 16.0. The number of rotatable bonds is 5. The number of hydrogen-bond donors (Lipinski definition) is 2. The van der Waals surface area contributed by atoms with Gasteiger partial charge in [0.1, 0.15) is 0 Å². The monoisotopic (exact) mass is 455 g/mol. The van der Waals surface area contributed by atoms with Crippen molar-refractivity contribution in [3.05, 3.63) is 47.2 Å². The molecule has 1 aromatic heterocycles. The Morgan fingerprint density at radius 3 is 2.44 bits per heavy atom. The summed E-state index contributed by atoms with van der Waals surface area (Å²) in [5.74, 6) is -1.47. The highest BCUT2D eigenvalue weighted by atomic mass is 32.1. The first-order valence-corrected chi connectivity index (χ1v) is 10.9. The molecule has 3 rings (SSSR count). The molecule has 1 aliphatic heterocycles. The van der Waals surface area contributed by atoms with Crippen molar-refractivity contribution in [2.75, 3.05) is 12.4 Å². The molecule has 1 aliphatic rings. The van der Waals surface area contributed by atoms with Gasteiger partial charge in [-0.25, -0.2) is 4.79 Å². The van der Waals surface area contributed by atoms with E-state index in [2.05, 4.69) is 10.6 Å². The summed E-state index contributed by atoms with van der Waals surface area (Å²) in [6, 6.07) is 5.56. The third-order valence-electron chi connectivity index (χ3n) is 5.19. The van der Waals surface area contributed by atoms with Gasteiger partial charge in [-0.2, -0.15) is 0 Å². The van der Waals surface area contributed by atoms with Crippen molar-refractivity contribution >= 4 is 40.7 Å². The van der Waals surface area contributed by atoms with Crippen LogP contribution in [0.5, 0.6) is 5.06 Å². The second-order valence-corrected chi connectivity index (χ2v) is 8.54. The number of nitrogens with zero attached hydrogens (tertiary/aromatic N) is 1. The van der Waals surface area contributed by atoms with Gasteiger partial charge in [0.05, 0.1) is 5.69 Å². The number of anilines is 1. The van der Waals surface area contributed by atoms with Crippen LogP contribution in [0.1, 0.15) is 31.4 Å². The standard InChI is InChI=1S/C23H25N3O5S/c1-6-18(28)31-22-15(11-17(32-22)19-12(2)8-7-9-13(19)3)24-23(30)25-20-16(27)10-14(4)26(5)21(20)29/h7-11,20H,6H2,1-5H3,(H2,24,25,30)/t20-/m0/s1. The zero-order valence-corrected chi connectivity index (χ0v) is 19.4. The maximum atomic E-state index is 12.6. The molecular weight excluding hydrogens is 430 g/mol. The minimum Gasteiger partial charge on any atom is -0.413 e. The molecule has 0 bridgehead atoms. The van der Waals surface area contributed by atoms with Crippen LogP contribution in [0.4, 0.5) is 10.5 Å². The zero-order valence-electron chi connectivity index (χ0n) is 18.6. The molecule has 2 aromatic rings. The molecule has 0 aliphatic carbocycles. The van der Waals surface area contributed by atoms with E-state index in [4.69, 9.17) is 4.74 Å². The van der Waals surface area contributed by atoms with Crippen molar-refractivity contribution in [2.24, 2.45) is 0 Å². The van der Waals surface area contributed by atoms with E-state index in [1.54, 1.807) is 19.9 Å². The molecule has 3 amide bonds. The molecule has 8 nitrogen and oxygen atoms in total. The molecular formula is C23H25N3O5S. The van der Waals surface area contributed by atoms with Gasteiger partial charge in [-0.3, -0.25) is 14.4 Å². The van der Waals surface area contributed by atoms with Crippen molar-refractivity contribution in [2.45, 2.75) is 40.2 Å². The maximum absolute atomic E-state index is 12.6. The Hall–Kier alpha value is -3.46. The highest BCUT2D eigenvalue weighted by Crippen LogP contribution is 2.43. The molecule has 0 radical (unpaired) electrons. The molecule has 0 saturated heterocycles. The minimum atomic E-state index is -1.32. The van der Waals surface area contributed by atoms with Crippen LogP contribution in [0.3, 0.4) is 0 Å². The molecule has 0 saturated carbocycles. The molecule has 168 valence electrons. The average molecular weight is 456 g/mol. The lowest BCUT2D eigenvalue weighted by Gasteiger charge is -2.27. The van der Waals surface area contributed by atoms with E-state index in [1.165, 1.54) is 29.4 Å². The first kappa shape index (κ1) is 23.2. The van der Waals surface area contributed by atoms with Crippen LogP contribution in [0.25, 0.3) is 10.4 Å². The fourth-order valence-corrected chi connectivity index (χ4v) is 4.49. The Bertz CT molecular complexity index is 1110. The summed E-state index contributed by atoms with van der Waals surface area (Å²) >= 11 is 1.24. The number of allylic oxidation sites excluding steroid dienone is 1. The van der Waals surface area contributed by atoms with Crippen molar-refractivity contribution in [3.8, 4) is 15.5 Å². The maximum Gasteiger partial charge on any atom is 0.320 e. The summed E-state index contributed by atoms with van der Waals surface area (Å²) in [7, 11) is 1.53. The predicted octanol–water partition coefficient (Wildman–Crippen LogP) is 3.78. The number of carbonyl (C=O) groups excluding carboxylic acids is 4. The van der Waals surface area contributed by atoms with Crippen molar-refractivity contribution in [3.63, 3.8) is 0 Å². The van der Waals surface area contributed by atoms with E-state index in [0.717, 1.165) is 21.6 Å². The highest BCUT2D eigenvalue weighted by Gasteiger charge is 2.34. The van der Waals surface area contributed by atoms with Gasteiger partial charge in [0, 0.05) is 30.1 Å². The summed E-state index contributed by atoms with van der Waals surface area (Å²) in [4.78, 5) is 51.3. The number of hydrogen-bond acceptors (Lipinski definition) is 6. The number of benzene rings is 1. The van der Waals surface area contributed by atoms with Crippen molar-refractivity contribution in [1.29, 1.82) is 0 Å².